The summed E-state index contributed by atoms with van der Waals surface area (Å²) in [5.74, 6) is 1.39. The molecular weight excluding hydrogens is 280 g/mol. The van der Waals surface area contributed by atoms with Crippen molar-refractivity contribution in [2.24, 2.45) is 11.8 Å². The van der Waals surface area contributed by atoms with E-state index in [9.17, 15) is 4.79 Å². The third-order valence-electron chi connectivity index (χ3n) is 3.65. The van der Waals surface area contributed by atoms with Crippen molar-refractivity contribution < 1.29 is 4.79 Å². The largest absolute Gasteiger partial charge is 0.335 e. The second-order valence-electron chi connectivity index (χ2n) is 5.66. The van der Waals surface area contributed by atoms with Gasteiger partial charge in [0.25, 0.3) is 0 Å². The van der Waals surface area contributed by atoms with Crippen LogP contribution in [0.25, 0.3) is 0 Å². The van der Waals surface area contributed by atoms with E-state index in [1.165, 1.54) is 17.8 Å². The Bertz CT molecular complexity index is 425. The predicted molar refractivity (Wildman–Crippen MR) is 80.7 cm³/mol. The SMILES string of the molecule is CC1CC(C)CC(NC(=O)NCc2ccsc2Cl)C1. The van der Waals surface area contributed by atoms with Gasteiger partial charge in [0.05, 0.1) is 4.34 Å². The summed E-state index contributed by atoms with van der Waals surface area (Å²) < 4.78 is 0.750. The molecule has 0 aliphatic heterocycles. The Balaban J connectivity index is 1.76. The highest BCUT2D eigenvalue weighted by atomic mass is 35.5. The molecule has 19 heavy (non-hydrogen) atoms. The number of hydrogen-bond donors (Lipinski definition) is 2. The van der Waals surface area contributed by atoms with Gasteiger partial charge in [0.1, 0.15) is 0 Å². The number of rotatable bonds is 3. The maximum absolute atomic E-state index is 11.9. The van der Waals surface area contributed by atoms with Crippen LogP contribution in [0.5, 0.6) is 0 Å². The molecule has 0 saturated heterocycles. The molecule has 0 bridgehead atoms. The monoisotopic (exact) mass is 300 g/mol. The summed E-state index contributed by atoms with van der Waals surface area (Å²) in [5, 5.41) is 7.88. The van der Waals surface area contributed by atoms with Crippen LogP contribution in [0.3, 0.4) is 0 Å². The van der Waals surface area contributed by atoms with E-state index in [1.807, 2.05) is 11.4 Å². The summed E-state index contributed by atoms with van der Waals surface area (Å²) in [4.78, 5) is 11.9. The minimum Gasteiger partial charge on any atom is -0.335 e. The summed E-state index contributed by atoms with van der Waals surface area (Å²) in [6, 6.07) is 2.16. The number of halogens is 1. The molecule has 1 aromatic heterocycles. The highest BCUT2D eigenvalue weighted by Crippen LogP contribution is 2.28. The molecule has 1 fully saturated rings. The first kappa shape index (κ1) is 14.7. The lowest BCUT2D eigenvalue weighted by molar-refractivity contribution is 0.213. The van der Waals surface area contributed by atoms with Crippen molar-refractivity contribution in [1.82, 2.24) is 10.6 Å². The van der Waals surface area contributed by atoms with Gasteiger partial charge in [-0.05, 0) is 42.5 Å². The van der Waals surface area contributed by atoms with Crippen LogP contribution < -0.4 is 10.6 Å². The van der Waals surface area contributed by atoms with Crippen LogP contribution in [0.4, 0.5) is 4.79 Å². The fraction of sp³-hybridized carbons (Fsp3) is 0.643. The normalized spacial score (nSPS) is 27.0. The number of urea groups is 1. The lowest BCUT2D eigenvalue weighted by Crippen LogP contribution is -2.44. The fourth-order valence-corrected chi connectivity index (χ4v) is 3.85. The van der Waals surface area contributed by atoms with Crippen LogP contribution in [0.1, 0.15) is 38.7 Å². The van der Waals surface area contributed by atoms with Crippen molar-refractivity contribution >= 4 is 29.0 Å². The van der Waals surface area contributed by atoms with Gasteiger partial charge >= 0.3 is 6.03 Å². The third-order valence-corrected chi connectivity index (χ3v) is 4.90. The van der Waals surface area contributed by atoms with Crippen molar-refractivity contribution in [1.29, 1.82) is 0 Å². The molecule has 2 amide bonds. The number of nitrogens with one attached hydrogen (secondary N) is 2. The molecule has 1 aliphatic rings. The maximum Gasteiger partial charge on any atom is 0.315 e. The molecule has 1 saturated carbocycles. The van der Waals surface area contributed by atoms with Crippen molar-refractivity contribution in [2.45, 2.75) is 45.7 Å². The highest BCUT2D eigenvalue weighted by molar-refractivity contribution is 7.14. The fourth-order valence-electron chi connectivity index (χ4n) is 2.92. The Labute approximate surface area is 123 Å². The second-order valence-corrected chi connectivity index (χ2v) is 7.18. The number of carbonyl (C=O) groups excluding carboxylic acids is 1. The molecule has 2 rings (SSSR count). The highest BCUT2D eigenvalue weighted by Gasteiger charge is 2.24. The lowest BCUT2D eigenvalue weighted by Gasteiger charge is -2.31. The number of amides is 2. The van der Waals surface area contributed by atoms with E-state index >= 15 is 0 Å². The quantitative estimate of drug-likeness (QED) is 0.869. The molecule has 5 heteroatoms. The molecule has 3 nitrogen and oxygen atoms in total. The summed E-state index contributed by atoms with van der Waals surface area (Å²) in [5.41, 5.74) is 0.979. The third kappa shape index (κ3) is 4.39. The van der Waals surface area contributed by atoms with Crippen molar-refractivity contribution in [3.8, 4) is 0 Å². The van der Waals surface area contributed by atoms with Crippen molar-refractivity contribution in [3.63, 3.8) is 0 Å². The van der Waals surface area contributed by atoms with E-state index in [0.717, 1.165) is 22.7 Å². The van der Waals surface area contributed by atoms with Gasteiger partial charge in [-0.1, -0.05) is 25.4 Å². The molecule has 2 N–H and O–H groups in total. The molecule has 106 valence electrons. The maximum atomic E-state index is 11.9. The van der Waals surface area contributed by atoms with Crippen molar-refractivity contribution in [3.05, 3.63) is 21.3 Å². The van der Waals surface area contributed by atoms with Gasteiger partial charge in [-0.2, -0.15) is 0 Å². The molecule has 0 radical (unpaired) electrons. The zero-order valence-electron chi connectivity index (χ0n) is 11.4. The zero-order valence-corrected chi connectivity index (χ0v) is 13.0. The standard InChI is InChI=1S/C14H21ClN2OS/c1-9-5-10(2)7-12(6-9)17-14(18)16-8-11-3-4-19-13(11)15/h3-4,9-10,12H,5-8H2,1-2H3,(H2,16,17,18). The summed E-state index contributed by atoms with van der Waals surface area (Å²) in [6.07, 6.45) is 3.43. The Morgan fingerprint density at radius 2 is 2.05 bits per heavy atom. The first-order valence-electron chi connectivity index (χ1n) is 6.80. The van der Waals surface area contributed by atoms with E-state index < -0.39 is 0 Å². The van der Waals surface area contributed by atoms with Gasteiger partial charge in [0, 0.05) is 18.2 Å². The van der Waals surface area contributed by atoms with Gasteiger partial charge in [0.2, 0.25) is 0 Å². The lowest BCUT2D eigenvalue weighted by atomic mass is 9.80. The molecule has 1 aromatic rings. The number of hydrogen-bond acceptors (Lipinski definition) is 2. The van der Waals surface area contributed by atoms with Crippen LogP contribution >= 0.6 is 22.9 Å². The van der Waals surface area contributed by atoms with Crippen LogP contribution in [0, 0.1) is 11.8 Å². The van der Waals surface area contributed by atoms with E-state index in [0.29, 0.717) is 24.4 Å². The first-order chi connectivity index (χ1) is 9.04. The van der Waals surface area contributed by atoms with Gasteiger partial charge < -0.3 is 10.6 Å². The number of carbonyl (C=O) groups is 1. The van der Waals surface area contributed by atoms with Crippen LogP contribution in [0.2, 0.25) is 4.34 Å². The van der Waals surface area contributed by atoms with Crippen LogP contribution in [-0.2, 0) is 6.54 Å². The average Bonchev–Trinajstić information content (AvgIpc) is 2.71. The van der Waals surface area contributed by atoms with E-state index in [4.69, 9.17) is 11.6 Å². The molecule has 2 unspecified atom stereocenters. The Kier molecular flexibility index (Phi) is 5.11. The van der Waals surface area contributed by atoms with E-state index in [2.05, 4.69) is 24.5 Å². The van der Waals surface area contributed by atoms with Crippen LogP contribution in [0.15, 0.2) is 11.4 Å². The molecule has 0 spiro atoms. The summed E-state index contributed by atoms with van der Waals surface area (Å²) in [6.45, 7) is 5.01. The summed E-state index contributed by atoms with van der Waals surface area (Å²) >= 11 is 7.49. The van der Waals surface area contributed by atoms with Crippen molar-refractivity contribution in [2.75, 3.05) is 0 Å². The molecule has 1 heterocycles. The van der Waals surface area contributed by atoms with E-state index in [1.54, 1.807) is 0 Å². The minimum absolute atomic E-state index is 0.0893. The van der Waals surface area contributed by atoms with Gasteiger partial charge in [-0.3, -0.25) is 0 Å². The topological polar surface area (TPSA) is 41.1 Å². The number of thiophene rings is 1. The second kappa shape index (κ2) is 6.62. The molecule has 0 aromatic carbocycles. The Morgan fingerprint density at radius 1 is 1.37 bits per heavy atom. The minimum atomic E-state index is -0.0893. The summed E-state index contributed by atoms with van der Waals surface area (Å²) in [7, 11) is 0. The van der Waals surface area contributed by atoms with Gasteiger partial charge in [0.15, 0.2) is 0 Å². The first-order valence-corrected chi connectivity index (χ1v) is 8.06. The van der Waals surface area contributed by atoms with E-state index in [-0.39, 0.29) is 6.03 Å². The Morgan fingerprint density at radius 3 is 2.63 bits per heavy atom. The molecular formula is C14H21ClN2OS. The molecule has 2 atom stereocenters. The average molecular weight is 301 g/mol. The smallest absolute Gasteiger partial charge is 0.315 e. The van der Waals surface area contributed by atoms with Gasteiger partial charge in [-0.15, -0.1) is 11.3 Å². The van der Waals surface area contributed by atoms with Gasteiger partial charge in [-0.25, -0.2) is 4.79 Å². The Hall–Kier alpha value is -0.740. The zero-order chi connectivity index (χ0) is 13.8. The molecule has 1 aliphatic carbocycles. The van der Waals surface area contributed by atoms with Crippen LogP contribution in [-0.4, -0.2) is 12.1 Å². The predicted octanol–water partition coefficient (Wildman–Crippen LogP) is 4.03.